The number of hydrogen-bond acceptors (Lipinski definition) is 5. The van der Waals surface area contributed by atoms with Gasteiger partial charge in [0.25, 0.3) is 0 Å². The molecule has 30 heavy (non-hydrogen) atoms. The first-order valence-electron chi connectivity index (χ1n) is 10.3. The first kappa shape index (κ1) is 18.8. The van der Waals surface area contributed by atoms with Gasteiger partial charge in [0.1, 0.15) is 18.2 Å². The van der Waals surface area contributed by atoms with E-state index in [-0.39, 0.29) is 23.6 Å². The normalized spacial score (nSPS) is 21.0. The predicted octanol–water partition coefficient (Wildman–Crippen LogP) is 3.83. The van der Waals surface area contributed by atoms with Crippen LogP contribution in [0.15, 0.2) is 53.1 Å². The molecule has 0 saturated carbocycles. The van der Waals surface area contributed by atoms with Gasteiger partial charge in [0.2, 0.25) is 17.6 Å². The molecule has 0 bridgehead atoms. The summed E-state index contributed by atoms with van der Waals surface area (Å²) in [6, 6.07) is 14.0. The Hall–Kier alpha value is -3.22. The molecule has 0 N–H and O–H groups in total. The van der Waals surface area contributed by atoms with Crippen molar-refractivity contribution in [1.82, 2.24) is 15.0 Å². The summed E-state index contributed by atoms with van der Waals surface area (Å²) in [4.78, 5) is 19.5. The first-order chi connectivity index (χ1) is 14.7. The standard InChI is InChI=1S/C23H22FN3O3/c24-19-8-3-6-16(12-19)21-25-22(30-26-21)17-7-4-10-27(13-17)23(28)18-11-15-5-1-2-9-20(15)29-14-18/h1-3,5-6,8-9,12,17-18H,4,7,10-11,13-14H2. The molecule has 1 saturated heterocycles. The van der Waals surface area contributed by atoms with Gasteiger partial charge in [-0.3, -0.25) is 4.79 Å². The minimum atomic E-state index is -0.343. The van der Waals surface area contributed by atoms with Crippen LogP contribution in [0.1, 0.15) is 30.2 Å². The monoisotopic (exact) mass is 407 g/mol. The zero-order chi connectivity index (χ0) is 20.5. The molecule has 7 heteroatoms. The molecule has 1 aromatic heterocycles. The topological polar surface area (TPSA) is 68.5 Å². The van der Waals surface area contributed by atoms with Crippen LogP contribution < -0.4 is 4.74 Å². The first-order valence-corrected chi connectivity index (χ1v) is 10.3. The lowest BCUT2D eigenvalue weighted by molar-refractivity contribution is -0.138. The van der Waals surface area contributed by atoms with E-state index in [4.69, 9.17) is 9.26 Å². The molecule has 3 heterocycles. The summed E-state index contributed by atoms with van der Waals surface area (Å²) in [6.07, 6.45) is 2.44. The van der Waals surface area contributed by atoms with E-state index < -0.39 is 0 Å². The van der Waals surface area contributed by atoms with Crippen LogP contribution in [0.2, 0.25) is 0 Å². The molecule has 1 amide bonds. The summed E-state index contributed by atoms with van der Waals surface area (Å²) >= 11 is 0. The van der Waals surface area contributed by atoms with Crippen LogP contribution in [0.5, 0.6) is 5.75 Å². The van der Waals surface area contributed by atoms with Crippen LogP contribution in [0.3, 0.4) is 0 Å². The van der Waals surface area contributed by atoms with Crippen molar-refractivity contribution in [3.05, 3.63) is 65.8 Å². The Morgan fingerprint density at radius 3 is 2.97 bits per heavy atom. The lowest BCUT2D eigenvalue weighted by atomic mass is 9.92. The molecule has 0 radical (unpaired) electrons. The van der Waals surface area contributed by atoms with Gasteiger partial charge in [-0.15, -0.1) is 0 Å². The Bertz CT molecular complexity index is 1070. The Labute approximate surface area is 173 Å². The van der Waals surface area contributed by atoms with Gasteiger partial charge in [0, 0.05) is 18.7 Å². The number of fused-ring (bicyclic) bond motifs is 1. The molecule has 2 aliphatic rings. The van der Waals surface area contributed by atoms with Crippen molar-refractivity contribution in [2.24, 2.45) is 5.92 Å². The predicted molar refractivity (Wildman–Crippen MR) is 107 cm³/mol. The number of carbonyl (C=O) groups is 1. The maximum absolute atomic E-state index is 13.5. The number of halogens is 1. The van der Waals surface area contributed by atoms with E-state index in [1.54, 1.807) is 12.1 Å². The number of piperidine rings is 1. The fourth-order valence-electron chi connectivity index (χ4n) is 4.27. The van der Waals surface area contributed by atoms with Crippen molar-refractivity contribution in [3.63, 3.8) is 0 Å². The highest BCUT2D eigenvalue weighted by Gasteiger charge is 2.34. The maximum atomic E-state index is 13.5. The zero-order valence-corrected chi connectivity index (χ0v) is 16.5. The fourth-order valence-corrected chi connectivity index (χ4v) is 4.27. The molecule has 0 spiro atoms. The van der Waals surface area contributed by atoms with E-state index in [1.807, 2.05) is 29.2 Å². The quantitative estimate of drug-likeness (QED) is 0.660. The van der Waals surface area contributed by atoms with Crippen LogP contribution in [0.25, 0.3) is 11.4 Å². The Morgan fingerprint density at radius 2 is 2.07 bits per heavy atom. The lowest BCUT2D eigenvalue weighted by Crippen LogP contribution is -2.45. The molecular weight excluding hydrogens is 385 g/mol. The second-order valence-electron chi connectivity index (χ2n) is 7.91. The summed E-state index contributed by atoms with van der Waals surface area (Å²) in [6.45, 7) is 1.67. The van der Waals surface area contributed by atoms with E-state index in [2.05, 4.69) is 10.1 Å². The molecular formula is C23H22FN3O3. The zero-order valence-electron chi connectivity index (χ0n) is 16.5. The molecule has 5 rings (SSSR count). The van der Waals surface area contributed by atoms with Crippen molar-refractivity contribution in [2.45, 2.75) is 25.2 Å². The smallest absolute Gasteiger partial charge is 0.231 e. The summed E-state index contributed by atoms with van der Waals surface area (Å²) in [7, 11) is 0. The van der Waals surface area contributed by atoms with Crippen LogP contribution in [0.4, 0.5) is 4.39 Å². The summed E-state index contributed by atoms with van der Waals surface area (Å²) in [5.41, 5.74) is 1.65. The van der Waals surface area contributed by atoms with Gasteiger partial charge >= 0.3 is 0 Å². The molecule has 1 fully saturated rings. The molecule has 2 atom stereocenters. The second kappa shape index (κ2) is 7.89. The summed E-state index contributed by atoms with van der Waals surface area (Å²) in [5, 5.41) is 4.01. The van der Waals surface area contributed by atoms with E-state index in [0.717, 1.165) is 30.7 Å². The highest BCUT2D eigenvalue weighted by Crippen LogP contribution is 2.31. The van der Waals surface area contributed by atoms with Gasteiger partial charge in [-0.05, 0) is 43.0 Å². The third-order valence-corrected chi connectivity index (χ3v) is 5.84. The van der Waals surface area contributed by atoms with Gasteiger partial charge < -0.3 is 14.2 Å². The number of aromatic nitrogens is 2. The number of benzene rings is 2. The Kier molecular flexibility index (Phi) is 4.94. The number of hydrogen-bond donors (Lipinski definition) is 0. The Balaban J connectivity index is 1.28. The highest BCUT2D eigenvalue weighted by atomic mass is 19.1. The number of para-hydroxylation sites is 1. The molecule has 0 aliphatic carbocycles. The van der Waals surface area contributed by atoms with E-state index in [9.17, 15) is 9.18 Å². The third-order valence-electron chi connectivity index (χ3n) is 5.84. The SMILES string of the molecule is O=C(C1COc2ccccc2C1)N1CCCC(c2nc(-c3cccc(F)c3)no2)C1. The molecule has 6 nitrogen and oxygen atoms in total. The second-order valence-corrected chi connectivity index (χ2v) is 7.91. The van der Waals surface area contributed by atoms with E-state index in [0.29, 0.717) is 36.9 Å². The van der Waals surface area contributed by atoms with Gasteiger partial charge in [0.15, 0.2) is 0 Å². The van der Waals surface area contributed by atoms with Crippen molar-refractivity contribution in [1.29, 1.82) is 0 Å². The largest absolute Gasteiger partial charge is 0.492 e. The van der Waals surface area contributed by atoms with Crippen molar-refractivity contribution >= 4 is 5.91 Å². The fraction of sp³-hybridized carbons (Fsp3) is 0.348. The maximum Gasteiger partial charge on any atom is 0.231 e. The number of likely N-dealkylation sites (tertiary alicyclic amines) is 1. The van der Waals surface area contributed by atoms with E-state index in [1.165, 1.54) is 12.1 Å². The van der Waals surface area contributed by atoms with Crippen LogP contribution in [-0.2, 0) is 11.2 Å². The molecule has 2 aromatic carbocycles. The van der Waals surface area contributed by atoms with Gasteiger partial charge in [-0.25, -0.2) is 4.39 Å². The molecule has 2 aliphatic heterocycles. The van der Waals surface area contributed by atoms with Crippen LogP contribution in [-0.4, -0.2) is 40.6 Å². The minimum Gasteiger partial charge on any atom is -0.492 e. The number of rotatable bonds is 3. The molecule has 3 aromatic rings. The van der Waals surface area contributed by atoms with Crippen LogP contribution in [0, 0.1) is 11.7 Å². The number of nitrogens with zero attached hydrogens (tertiary/aromatic N) is 3. The average molecular weight is 407 g/mol. The third kappa shape index (κ3) is 3.67. The Morgan fingerprint density at radius 1 is 1.17 bits per heavy atom. The van der Waals surface area contributed by atoms with Gasteiger partial charge in [-0.1, -0.05) is 35.5 Å². The minimum absolute atomic E-state index is 0.0192. The number of carbonyl (C=O) groups excluding carboxylic acids is 1. The van der Waals surface area contributed by atoms with Crippen molar-refractivity contribution in [3.8, 4) is 17.1 Å². The van der Waals surface area contributed by atoms with E-state index >= 15 is 0 Å². The number of ether oxygens (including phenoxy) is 1. The number of amides is 1. The lowest BCUT2D eigenvalue weighted by Gasteiger charge is -2.35. The van der Waals surface area contributed by atoms with Gasteiger partial charge in [-0.2, -0.15) is 4.98 Å². The van der Waals surface area contributed by atoms with Gasteiger partial charge in [0.05, 0.1) is 11.8 Å². The molecule has 2 unspecified atom stereocenters. The summed E-state index contributed by atoms with van der Waals surface area (Å²) < 4.78 is 24.8. The van der Waals surface area contributed by atoms with Crippen molar-refractivity contribution < 1.29 is 18.4 Å². The van der Waals surface area contributed by atoms with Crippen LogP contribution >= 0.6 is 0 Å². The average Bonchev–Trinajstić information content (AvgIpc) is 3.29. The highest BCUT2D eigenvalue weighted by molar-refractivity contribution is 5.80. The molecule has 154 valence electrons. The summed E-state index contributed by atoms with van der Waals surface area (Å²) in [5.74, 6) is 1.30. The van der Waals surface area contributed by atoms with Crippen molar-refractivity contribution in [2.75, 3.05) is 19.7 Å².